The molecule has 0 saturated carbocycles. The zero-order chi connectivity index (χ0) is 31.5. The number of nitrogens with one attached hydrogen (secondary N) is 2. The second-order valence-corrected chi connectivity index (χ2v) is 13.5. The number of amides is 2. The quantitative estimate of drug-likeness (QED) is 0.345. The summed E-state index contributed by atoms with van der Waals surface area (Å²) in [6, 6.07) is 17.5. The fourth-order valence-corrected chi connectivity index (χ4v) is 7.32. The molecule has 4 heterocycles. The van der Waals surface area contributed by atoms with E-state index in [1.807, 2.05) is 12.1 Å². The number of hydrogen-bond donors (Lipinski definition) is 2. The van der Waals surface area contributed by atoms with Crippen molar-refractivity contribution in [1.29, 1.82) is 0 Å². The molecular weight excluding hydrogens is 636 g/mol. The number of imide groups is 1. The van der Waals surface area contributed by atoms with Gasteiger partial charge in [-0.15, -0.1) is 0 Å². The molecule has 1 unspecified atom stereocenters. The van der Waals surface area contributed by atoms with E-state index in [1.165, 1.54) is 21.4 Å². The molecule has 6 rings (SSSR count). The average molecular weight is 678 g/mol. The fraction of sp³-hybridized carbons (Fsp3) is 0.471. The van der Waals surface area contributed by atoms with Crippen LogP contribution >= 0.6 is 15.9 Å². The van der Waals surface area contributed by atoms with Gasteiger partial charge in [0.25, 0.3) is 11.5 Å². The maximum atomic E-state index is 12.3. The highest BCUT2D eigenvalue weighted by molar-refractivity contribution is 9.10. The zero-order valence-corrected chi connectivity index (χ0v) is 27.5. The van der Waals surface area contributed by atoms with Crippen molar-refractivity contribution in [2.24, 2.45) is 7.05 Å². The molecule has 11 heteroatoms. The minimum atomic E-state index is -0.609. The minimum absolute atomic E-state index is 0.145. The predicted octanol–water partition coefficient (Wildman–Crippen LogP) is 4.01. The van der Waals surface area contributed by atoms with E-state index in [2.05, 4.69) is 84.9 Å². The molecule has 2 N–H and O–H groups in total. The van der Waals surface area contributed by atoms with Crippen LogP contribution in [0.3, 0.4) is 0 Å². The minimum Gasteiger partial charge on any atom is -0.481 e. The van der Waals surface area contributed by atoms with Crippen LogP contribution in [0.25, 0.3) is 0 Å². The van der Waals surface area contributed by atoms with E-state index in [9.17, 15) is 14.4 Å². The number of likely N-dealkylation sites (tertiary alicyclic amines) is 2. The maximum Gasteiger partial charge on any atom is 0.282 e. The molecule has 3 fully saturated rings. The van der Waals surface area contributed by atoms with Crippen LogP contribution in [0.1, 0.15) is 60.6 Å². The number of piperidine rings is 3. The molecule has 3 saturated heterocycles. The number of ether oxygens (including phenoxy) is 1. The van der Waals surface area contributed by atoms with Gasteiger partial charge in [0.1, 0.15) is 10.2 Å². The standard InChI is InChI=1S/C34H41BrN6O4/c1-39-20-26(17-27(21-39)37-29-18-36-40(2)34(44)32(29)35)24-5-3-22(4-6-24)19-41-15-13-25(14-16-41)23-7-9-28(10-8-23)45-30-11-12-31(42)38-33(30)43/h3-10,18,25-27,30,37H,11-17,19-21H2,1-2H3,(H,38,42,43)/t26-,27+,30?/m1/s1. The molecule has 0 radical (unpaired) electrons. The Hall–Kier alpha value is -3.54. The largest absolute Gasteiger partial charge is 0.481 e. The van der Waals surface area contributed by atoms with E-state index in [0.717, 1.165) is 57.7 Å². The lowest BCUT2D eigenvalue weighted by atomic mass is 9.87. The molecule has 1 aromatic heterocycles. The van der Waals surface area contributed by atoms with Crippen LogP contribution in [-0.4, -0.2) is 76.8 Å². The third-order valence-electron chi connectivity index (χ3n) is 9.33. The van der Waals surface area contributed by atoms with Gasteiger partial charge in [-0.1, -0.05) is 36.4 Å². The lowest BCUT2D eigenvalue weighted by Crippen LogP contribution is -2.46. The third kappa shape index (κ3) is 7.65. The van der Waals surface area contributed by atoms with Gasteiger partial charge >= 0.3 is 0 Å². The molecule has 3 aliphatic heterocycles. The summed E-state index contributed by atoms with van der Waals surface area (Å²) in [6.07, 6.45) is 5.03. The molecule has 238 valence electrons. The van der Waals surface area contributed by atoms with E-state index in [4.69, 9.17) is 4.74 Å². The Balaban J connectivity index is 0.983. The smallest absolute Gasteiger partial charge is 0.282 e. The summed E-state index contributed by atoms with van der Waals surface area (Å²) in [5.41, 5.74) is 4.58. The van der Waals surface area contributed by atoms with Gasteiger partial charge in [0.05, 0.1) is 11.9 Å². The lowest BCUT2D eigenvalue weighted by molar-refractivity contribution is -0.138. The summed E-state index contributed by atoms with van der Waals surface area (Å²) in [6.45, 7) is 4.96. The van der Waals surface area contributed by atoms with Crippen LogP contribution in [0.5, 0.6) is 5.75 Å². The first kappa shape index (κ1) is 31.4. The zero-order valence-electron chi connectivity index (χ0n) is 25.9. The summed E-state index contributed by atoms with van der Waals surface area (Å²) < 4.78 is 7.69. The van der Waals surface area contributed by atoms with E-state index >= 15 is 0 Å². The number of aryl methyl sites for hydroxylation is 1. The highest BCUT2D eigenvalue weighted by Crippen LogP contribution is 2.32. The number of rotatable bonds is 8. The third-order valence-corrected chi connectivity index (χ3v) is 10.1. The molecule has 0 spiro atoms. The Bertz CT molecular complexity index is 1570. The van der Waals surface area contributed by atoms with E-state index in [1.54, 1.807) is 13.2 Å². The predicted molar refractivity (Wildman–Crippen MR) is 176 cm³/mol. The first-order valence-electron chi connectivity index (χ1n) is 15.8. The van der Waals surface area contributed by atoms with Gasteiger partial charge in [0, 0.05) is 45.6 Å². The van der Waals surface area contributed by atoms with Crippen LogP contribution in [0.15, 0.2) is 64.0 Å². The van der Waals surface area contributed by atoms with Crippen molar-refractivity contribution in [3.8, 4) is 5.75 Å². The van der Waals surface area contributed by atoms with Crippen LogP contribution in [0, 0.1) is 0 Å². The maximum absolute atomic E-state index is 12.3. The number of carbonyl (C=O) groups excluding carboxylic acids is 2. The Morgan fingerprint density at radius 3 is 2.33 bits per heavy atom. The van der Waals surface area contributed by atoms with Crippen LogP contribution in [-0.2, 0) is 23.2 Å². The van der Waals surface area contributed by atoms with Gasteiger partial charge < -0.3 is 15.0 Å². The van der Waals surface area contributed by atoms with Crippen LogP contribution in [0.4, 0.5) is 5.69 Å². The van der Waals surface area contributed by atoms with Crippen molar-refractivity contribution in [2.45, 2.75) is 62.6 Å². The number of hydrogen-bond acceptors (Lipinski definition) is 8. The van der Waals surface area contributed by atoms with Crippen LogP contribution in [0.2, 0.25) is 0 Å². The molecule has 3 aliphatic rings. The molecule has 0 bridgehead atoms. The van der Waals surface area contributed by atoms with Crippen molar-refractivity contribution in [1.82, 2.24) is 24.9 Å². The molecule has 0 aliphatic carbocycles. The average Bonchev–Trinajstić information content (AvgIpc) is 3.03. The Morgan fingerprint density at radius 1 is 0.933 bits per heavy atom. The molecule has 3 aromatic rings. The van der Waals surface area contributed by atoms with E-state index in [0.29, 0.717) is 34.9 Å². The van der Waals surface area contributed by atoms with Crippen molar-refractivity contribution < 1.29 is 14.3 Å². The monoisotopic (exact) mass is 676 g/mol. The number of nitrogens with zero attached hydrogens (tertiary/aromatic N) is 4. The van der Waals surface area contributed by atoms with Crippen molar-refractivity contribution in [2.75, 3.05) is 38.5 Å². The fourth-order valence-electron chi connectivity index (χ4n) is 6.84. The van der Waals surface area contributed by atoms with E-state index in [-0.39, 0.29) is 23.4 Å². The van der Waals surface area contributed by atoms with Gasteiger partial charge in [0.2, 0.25) is 5.91 Å². The van der Waals surface area contributed by atoms with Gasteiger partial charge in [-0.05, 0) is 96.0 Å². The first-order valence-corrected chi connectivity index (χ1v) is 16.6. The summed E-state index contributed by atoms with van der Waals surface area (Å²) in [5, 5.41) is 10.1. The number of aromatic nitrogens is 2. The number of halogens is 1. The molecular formula is C34H41BrN6O4. The molecule has 2 aromatic carbocycles. The molecule has 3 atom stereocenters. The number of anilines is 1. The van der Waals surface area contributed by atoms with Gasteiger partial charge in [-0.3, -0.25) is 24.6 Å². The van der Waals surface area contributed by atoms with Crippen LogP contribution < -0.4 is 20.9 Å². The van der Waals surface area contributed by atoms with Crippen molar-refractivity contribution in [3.63, 3.8) is 0 Å². The van der Waals surface area contributed by atoms with Crippen molar-refractivity contribution >= 4 is 33.4 Å². The van der Waals surface area contributed by atoms with E-state index < -0.39 is 6.10 Å². The summed E-state index contributed by atoms with van der Waals surface area (Å²) in [4.78, 5) is 40.6. The molecule has 45 heavy (non-hydrogen) atoms. The Kier molecular flexibility index (Phi) is 9.67. The van der Waals surface area contributed by atoms with Gasteiger partial charge in [0.15, 0.2) is 6.10 Å². The Morgan fingerprint density at radius 2 is 1.62 bits per heavy atom. The first-order chi connectivity index (χ1) is 21.7. The van der Waals surface area contributed by atoms with Crippen molar-refractivity contribution in [3.05, 3.63) is 86.2 Å². The van der Waals surface area contributed by atoms with Gasteiger partial charge in [-0.2, -0.15) is 5.10 Å². The second-order valence-electron chi connectivity index (χ2n) is 12.7. The second kappa shape index (κ2) is 13.8. The molecule has 2 amide bonds. The SMILES string of the molecule is CN1C[C@@H](Nc2cnn(C)c(=O)c2Br)C[C@@H](c2ccc(CN3CCC(c4ccc(OC5CCC(=O)NC5=O)cc4)CC3)cc2)C1. The van der Waals surface area contributed by atoms with Gasteiger partial charge in [-0.25, -0.2) is 4.68 Å². The highest BCUT2D eigenvalue weighted by atomic mass is 79.9. The normalized spacial score (nSPS) is 23.5. The Labute approximate surface area is 272 Å². The topological polar surface area (TPSA) is 109 Å². The summed E-state index contributed by atoms with van der Waals surface area (Å²) in [5.74, 6) is 0.985. The lowest BCUT2D eigenvalue weighted by Gasteiger charge is -2.37. The molecule has 10 nitrogen and oxygen atoms in total. The number of carbonyl (C=O) groups is 2. The summed E-state index contributed by atoms with van der Waals surface area (Å²) >= 11 is 3.44. The summed E-state index contributed by atoms with van der Waals surface area (Å²) in [7, 11) is 3.80. The number of benzene rings is 2. The highest BCUT2D eigenvalue weighted by Gasteiger charge is 2.29. The number of likely N-dealkylation sites (N-methyl/N-ethyl adjacent to an activating group) is 1.